The molecular formula is C37H41ClF4N8O3. The number of benzene rings is 2. The van der Waals surface area contributed by atoms with Gasteiger partial charge in [-0.2, -0.15) is 18.3 Å². The number of carbonyl (C=O) groups excluding carboxylic acids is 1. The Labute approximate surface area is 309 Å². The number of halogens is 5. The van der Waals surface area contributed by atoms with Gasteiger partial charge < -0.3 is 25.6 Å². The molecule has 0 saturated heterocycles. The molecule has 4 heterocycles. The third-order valence-corrected chi connectivity index (χ3v) is 9.42. The first-order valence-electron chi connectivity index (χ1n) is 17.2. The van der Waals surface area contributed by atoms with Gasteiger partial charge in [-0.15, -0.1) is 12.4 Å². The van der Waals surface area contributed by atoms with E-state index in [1.165, 1.54) is 6.07 Å². The van der Waals surface area contributed by atoms with E-state index in [9.17, 15) is 27.9 Å². The molecule has 4 N–H and O–H groups in total. The summed E-state index contributed by atoms with van der Waals surface area (Å²) in [5, 5.41) is 20.6. The van der Waals surface area contributed by atoms with Crippen LogP contribution in [0.2, 0.25) is 0 Å². The predicted octanol–water partition coefficient (Wildman–Crippen LogP) is 6.39. The Morgan fingerprint density at radius 3 is 2.34 bits per heavy atom. The van der Waals surface area contributed by atoms with Crippen molar-refractivity contribution in [1.29, 1.82) is 0 Å². The summed E-state index contributed by atoms with van der Waals surface area (Å²) < 4.78 is 58.4. The number of aliphatic carboxylic acids is 1. The SMILES string of the molecule is CCc1cccc(CC)c1-n1nc2c(c1-c1c(F)cc(CNCC(=O)N[C@H](C(=O)O)C(C)C)c3[nH]ccc13)CN(c1ncc(C(F)(F)F)cn1)CC2.Cl. The normalized spacial score (nSPS) is 13.6. The number of para-hydroxylation sites is 1. The molecule has 6 rings (SSSR count). The van der Waals surface area contributed by atoms with Gasteiger partial charge in [-0.05, 0) is 47.6 Å². The van der Waals surface area contributed by atoms with Crippen LogP contribution in [0.25, 0.3) is 27.8 Å². The maximum absolute atomic E-state index is 16.8. The van der Waals surface area contributed by atoms with Crippen LogP contribution in [0.5, 0.6) is 0 Å². The number of nitrogens with zero attached hydrogens (tertiary/aromatic N) is 5. The number of rotatable bonds is 12. The van der Waals surface area contributed by atoms with Gasteiger partial charge in [0.05, 0.1) is 34.7 Å². The van der Waals surface area contributed by atoms with Crippen molar-refractivity contribution in [1.82, 2.24) is 35.4 Å². The topological polar surface area (TPSA) is 141 Å². The highest BCUT2D eigenvalue weighted by molar-refractivity contribution is 5.98. The zero-order valence-corrected chi connectivity index (χ0v) is 30.5. The number of hydrogen-bond acceptors (Lipinski definition) is 7. The Balaban J connectivity index is 0.00000541. The molecule has 3 aromatic heterocycles. The van der Waals surface area contributed by atoms with Gasteiger partial charge in [-0.3, -0.25) is 4.79 Å². The molecule has 0 spiro atoms. The number of carboxylic acids is 1. The summed E-state index contributed by atoms with van der Waals surface area (Å²) in [4.78, 5) is 37.1. The van der Waals surface area contributed by atoms with Crippen molar-refractivity contribution in [2.75, 3.05) is 18.0 Å². The van der Waals surface area contributed by atoms with E-state index in [1.807, 2.05) is 36.7 Å². The standard InChI is InChI=1S/C37H40F4N8O3.ClH/c1-5-21-8-7-9-22(6-2)33(21)49-34(26-19-48(13-11-28(26)47-49)36-44-16-24(17-45-36)37(39,40)41)30-25-10-12-43-32(25)23(14-27(30)38)15-42-18-29(50)46-31(20(3)4)35(51)52;/h7-10,12,14,16-17,20,31,42-43H,5-6,11,13,15,18-19H2,1-4H3,(H,46,50)(H,51,52);1H/t31-;/m0./s1. The Kier molecular flexibility index (Phi) is 11.8. The maximum Gasteiger partial charge on any atom is 0.419 e. The van der Waals surface area contributed by atoms with Gasteiger partial charge in [0, 0.05) is 61.2 Å². The molecule has 1 aliphatic rings. The number of anilines is 1. The average molecular weight is 757 g/mol. The molecule has 282 valence electrons. The lowest BCUT2D eigenvalue weighted by Gasteiger charge is -2.27. The van der Waals surface area contributed by atoms with Crippen LogP contribution in [0.15, 0.2) is 48.9 Å². The van der Waals surface area contributed by atoms with E-state index in [1.54, 1.807) is 31.0 Å². The van der Waals surface area contributed by atoms with Gasteiger partial charge in [0.1, 0.15) is 11.9 Å². The van der Waals surface area contributed by atoms with E-state index < -0.39 is 35.5 Å². The van der Waals surface area contributed by atoms with Gasteiger partial charge in [0.2, 0.25) is 11.9 Å². The van der Waals surface area contributed by atoms with E-state index in [0.717, 1.165) is 34.9 Å². The molecule has 0 saturated carbocycles. The van der Waals surface area contributed by atoms with Crippen molar-refractivity contribution in [3.05, 3.63) is 88.3 Å². The van der Waals surface area contributed by atoms with Crippen molar-refractivity contribution in [2.24, 2.45) is 5.92 Å². The Morgan fingerprint density at radius 1 is 1.06 bits per heavy atom. The molecule has 0 bridgehead atoms. The molecule has 1 aliphatic heterocycles. The monoisotopic (exact) mass is 756 g/mol. The van der Waals surface area contributed by atoms with Crippen LogP contribution in [0.3, 0.4) is 0 Å². The largest absolute Gasteiger partial charge is 0.480 e. The molecule has 2 aromatic carbocycles. The second-order valence-corrected chi connectivity index (χ2v) is 13.1. The zero-order valence-electron chi connectivity index (χ0n) is 29.6. The number of amides is 1. The van der Waals surface area contributed by atoms with Gasteiger partial charge in [-0.25, -0.2) is 23.8 Å². The maximum atomic E-state index is 16.8. The fourth-order valence-corrected chi connectivity index (χ4v) is 6.78. The summed E-state index contributed by atoms with van der Waals surface area (Å²) in [5.41, 5.74) is 5.43. The van der Waals surface area contributed by atoms with Crippen LogP contribution < -0.4 is 15.5 Å². The molecule has 1 amide bonds. The molecule has 5 aromatic rings. The summed E-state index contributed by atoms with van der Waals surface area (Å²) in [7, 11) is 0. The molecule has 11 nitrogen and oxygen atoms in total. The fourth-order valence-electron chi connectivity index (χ4n) is 6.78. The number of hydrogen-bond donors (Lipinski definition) is 4. The highest BCUT2D eigenvalue weighted by atomic mass is 35.5. The molecule has 0 aliphatic carbocycles. The fraction of sp³-hybridized carbons (Fsp3) is 0.378. The molecule has 0 radical (unpaired) electrons. The molecule has 16 heteroatoms. The number of fused-ring (bicyclic) bond motifs is 2. The highest BCUT2D eigenvalue weighted by Gasteiger charge is 2.34. The molecule has 53 heavy (non-hydrogen) atoms. The predicted molar refractivity (Wildman–Crippen MR) is 195 cm³/mol. The second kappa shape index (κ2) is 15.9. The quantitative estimate of drug-likeness (QED) is 0.107. The molecule has 0 unspecified atom stereocenters. The van der Waals surface area contributed by atoms with Gasteiger partial charge in [0.25, 0.3) is 0 Å². The number of aromatic nitrogens is 5. The minimum Gasteiger partial charge on any atom is -0.480 e. The average Bonchev–Trinajstić information content (AvgIpc) is 3.75. The van der Waals surface area contributed by atoms with Gasteiger partial charge in [-0.1, -0.05) is 45.9 Å². The van der Waals surface area contributed by atoms with Crippen LogP contribution in [-0.2, 0) is 48.1 Å². The number of alkyl halides is 3. The van der Waals surface area contributed by atoms with Crippen molar-refractivity contribution in [2.45, 2.75) is 72.3 Å². The first kappa shape index (κ1) is 39.2. The molecule has 1 atom stereocenters. The minimum absolute atomic E-state index is 0. The summed E-state index contributed by atoms with van der Waals surface area (Å²) >= 11 is 0. The Hall–Kier alpha value is -5.02. The summed E-state index contributed by atoms with van der Waals surface area (Å²) in [6.07, 6.45) is 0.486. The van der Waals surface area contributed by atoms with Crippen LogP contribution in [0.1, 0.15) is 61.2 Å². The first-order valence-corrected chi connectivity index (χ1v) is 17.2. The summed E-state index contributed by atoms with van der Waals surface area (Å²) in [6.45, 7) is 8.00. The van der Waals surface area contributed by atoms with Crippen LogP contribution in [0, 0.1) is 11.7 Å². The lowest BCUT2D eigenvalue weighted by atomic mass is 9.95. The third kappa shape index (κ3) is 7.86. The minimum atomic E-state index is -4.57. The first-order chi connectivity index (χ1) is 24.8. The lowest BCUT2D eigenvalue weighted by Crippen LogP contribution is -2.47. The number of aryl methyl sites for hydroxylation is 2. The van der Waals surface area contributed by atoms with E-state index >= 15 is 4.39 Å². The number of carbonyl (C=O) groups is 2. The van der Waals surface area contributed by atoms with Crippen molar-refractivity contribution in [3.63, 3.8) is 0 Å². The third-order valence-electron chi connectivity index (χ3n) is 9.42. The van der Waals surface area contributed by atoms with Crippen molar-refractivity contribution >= 4 is 41.1 Å². The van der Waals surface area contributed by atoms with E-state index in [2.05, 4.69) is 25.6 Å². The van der Waals surface area contributed by atoms with E-state index in [-0.39, 0.29) is 43.9 Å². The summed E-state index contributed by atoms with van der Waals surface area (Å²) in [6, 6.07) is 8.18. The van der Waals surface area contributed by atoms with E-state index in [0.29, 0.717) is 59.1 Å². The summed E-state index contributed by atoms with van der Waals surface area (Å²) in [5.74, 6) is -2.34. The second-order valence-electron chi connectivity index (χ2n) is 13.1. The smallest absolute Gasteiger partial charge is 0.419 e. The van der Waals surface area contributed by atoms with Crippen molar-refractivity contribution in [3.8, 4) is 16.9 Å². The van der Waals surface area contributed by atoms with Crippen LogP contribution in [-0.4, -0.2) is 60.8 Å². The Bertz CT molecular complexity index is 2090. The number of aromatic amines is 1. The number of H-pyrrole nitrogens is 1. The zero-order chi connectivity index (χ0) is 37.3. The van der Waals surface area contributed by atoms with Gasteiger partial charge >= 0.3 is 12.1 Å². The van der Waals surface area contributed by atoms with Crippen LogP contribution in [0.4, 0.5) is 23.5 Å². The molecule has 0 fully saturated rings. The van der Waals surface area contributed by atoms with E-state index in [4.69, 9.17) is 5.10 Å². The lowest BCUT2D eigenvalue weighted by molar-refractivity contribution is -0.143. The van der Waals surface area contributed by atoms with Gasteiger partial charge in [0.15, 0.2) is 0 Å². The number of nitrogens with one attached hydrogen (secondary N) is 3. The Morgan fingerprint density at radius 2 is 1.74 bits per heavy atom. The highest BCUT2D eigenvalue weighted by Crippen LogP contribution is 2.41. The molecular weight excluding hydrogens is 716 g/mol. The van der Waals surface area contributed by atoms with Crippen molar-refractivity contribution < 1.29 is 32.3 Å². The van der Waals surface area contributed by atoms with Crippen LogP contribution >= 0.6 is 12.4 Å². The number of carboxylic acid groups (broad SMARTS) is 1.